The first-order valence-corrected chi connectivity index (χ1v) is 13.8. The number of hydrogen-bond acceptors (Lipinski definition) is 3. The molecule has 2 fully saturated rings. The lowest BCUT2D eigenvalue weighted by atomic mass is 9.76. The SMILES string of the molecule is CCCCCCOc1ccc2c(c1)CCN1C(=O)C3CCCN(C(=O)NCc4ccccc4)C3CC21. The zero-order chi connectivity index (χ0) is 24.9. The molecule has 2 aromatic rings. The van der Waals surface area contributed by atoms with Crippen LogP contribution in [0.3, 0.4) is 0 Å². The molecule has 5 rings (SSSR count). The minimum Gasteiger partial charge on any atom is -0.494 e. The standard InChI is InChI=1S/C30H39N3O3/c1-2-3-4-8-18-36-24-13-14-25-23(19-24)15-17-32-27(25)20-28-26(29(32)34)12-9-16-33(28)30(35)31-21-22-10-6-5-7-11-22/h5-7,10-11,13-14,19,26-28H,2-4,8-9,12,15-18,20-21H2,1H3,(H,31,35). The molecule has 36 heavy (non-hydrogen) atoms. The van der Waals surface area contributed by atoms with Gasteiger partial charge in [-0.3, -0.25) is 4.79 Å². The largest absolute Gasteiger partial charge is 0.494 e. The molecule has 0 saturated carbocycles. The number of unbranched alkanes of at least 4 members (excludes halogenated alkanes) is 3. The monoisotopic (exact) mass is 489 g/mol. The van der Waals surface area contributed by atoms with Gasteiger partial charge in [0.2, 0.25) is 5.91 Å². The number of nitrogens with one attached hydrogen (secondary N) is 1. The van der Waals surface area contributed by atoms with E-state index >= 15 is 0 Å². The molecule has 3 aliphatic heterocycles. The van der Waals surface area contributed by atoms with Gasteiger partial charge in [0.05, 0.1) is 18.6 Å². The number of ether oxygens (including phenoxy) is 1. The number of rotatable bonds is 8. The average Bonchev–Trinajstić information content (AvgIpc) is 2.92. The lowest BCUT2D eigenvalue weighted by Gasteiger charge is -2.51. The molecule has 6 nitrogen and oxygen atoms in total. The lowest BCUT2D eigenvalue weighted by Crippen LogP contribution is -2.61. The first kappa shape index (κ1) is 24.7. The van der Waals surface area contributed by atoms with Gasteiger partial charge >= 0.3 is 6.03 Å². The van der Waals surface area contributed by atoms with Crippen LogP contribution in [-0.4, -0.2) is 47.5 Å². The summed E-state index contributed by atoms with van der Waals surface area (Å²) in [5.41, 5.74) is 3.58. The Morgan fingerprint density at radius 2 is 1.94 bits per heavy atom. The van der Waals surface area contributed by atoms with E-state index in [1.54, 1.807) is 0 Å². The summed E-state index contributed by atoms with van der Waals surface area (Å²) in [7, 11) is 0. The highest BCUT2D eigenvalue weighted by atomic mass is 16.5. The van der Waals surface area contributed by atoms with E-state index < -0.39 is 0 Å². The van der Waals surface area contributed by atoms with Crippen LogP contribution in [0.4, 0.5) is 4.79 Å². The highest BCUT2D eigenvalue weighted by Gasteiger charge is 2.48. The molecule has 2 aromatic carbocycles. The van der Waals surface area contributed by atoms with E-state index in [0.717, 1.165) is 56.6 Å². The summed E-state index contributed by atoms with van der Waals surface area (Å²) in [6, 6.07) is 16.3. The Morgan fingerprint density at radius 1 is 1.08 bits per heavy atom. The van der Waals surface area contributed by atoms with Crippen LogP contribution >= 0.6 is 0 Å². The van der Waals surface area contributed by atoms with E-state index in [-0.39, 0.29) is 29.9 Å². The first-order chi connectivity index (χ1) is 17.7. The van der Waals surface area contributed by atoms with Gasteiger partial charge in [0.1, 0.15) is 5.75 Å². The van der Waals surface area contributed by atoms with Crippen molar-refractivity contribution in [2.75, 3.05) is 19.7 Å². The summed E-state index contributed by atoms with van der Waals surface area (Å²) in [6.07, 6.45) is 8.18. The summed E-state index contributed by atoms with van der Waals surface area (Å²) in [6.45, 7) is 4.93. The molecule has 192 valence electrons. The normalized spacial score (nSPS) is 22.9. The highest BCUT2D eigenvalue weighted by molar-refractivity contribution is 5.83. The average molecular weight is 490 g/mol. The van der Waals surface area contributed by atoms with Gasteiger partial charge in [-0.2, -0.15) is 0 Å². The molecule has 6 heteroatoms. The van der Waals surface area contributed by atoms with Gasteiger partial charge < -0.3 is 19.9 Å². The molecule has 0 aliphatic carbocycles. The number of hydrogen-bond donors (Lipinski definition) is 1. The van der Waals surface area contributed by atoms with E-state index in [4.69, 9.17) is 4.74 Å². The van der Waals surface area contributed by atoms with E-state index in [1.165, 1.54) is 30.4 Å². The number of fused-ring (bicyclic) bond motifs is 4. The molecule has 3 amide bonds. The molecule has 0 radical (unpaired) electrons. The maximum Gasteiger partial charge on any atom is 0.317 e. The van der Waals surface area contributed by atoms with Crippen molar-refractivity contribution in [3.63, 3.8) is 0 Å². The molecule has 3 atom stereocenters. The quantitative estimate of drug-likeness (QED) is 0.501. The summed E-state index contributed by atoms with van der Waals surface area (Å²) in [5.74, 6) is 1.06. The van der Waals surface area contributed by atoms with Gasteiger partial charge in [0.25, 0.3) is 0 Å². The Labute approximate surface area is 215 Å². The Bertz CT molecular complexity index is 1060. The zero-order valence-electron chi connectivity index (χ0n) is 21.5. The van der Waals surface area contributed by atoms with Crippen LogP contribution in [0.15, 0.2) is 48.5 Å². The smallest absolute Gasteiger partial charge is 0.317 e. The maximum atomic E-state index is 13.6. The van der Waals surface area contributed by atoms with Crippen molar-refractivity contribution in [3.05, 3.63) is 65.2 Å². The number of likely N-dealkylation sites (tertiary alicyclic amines) is 1. The Balaban J connectivity index is 1.28. The van der Waals surface area contributed by atoms with E-state index in [1.807, 2.05) is 35.2 Å². The molecule has 3 heterocycles. The fourth-order valence-electron chi connectivity index (χ4n) is 6.22. The minimum absolute atomic E-state index is 0.0311. The van der Waals surface area contributed by atoms with Crippen molar-refractivity contribution in [1.82, 2.24) is 15.1 Å². The zero-order valence-corrected chi connectivity index (χ0v) is 21.5. The third-order valence-electron chi connectivity index (χ3n) is 8.13. The second-order valence-electron chi connectivity index (χ2n) is 10.5. The molecule has 0 spiro atoms. The van der Waals surface area contributed by atoms with E-state index in [2.05, 4.69) is 35.3 Å². The Kier molecular flexibility index (Phi) is 7.78. The molecular weight excluding hydrogens is 450 g/mol. The van der Waals surface area contributed by atoms with Crippen LogP contribution in [-0.2, 0) is 17.8 Å². The second kappa shape index (κ2) is 11.4. The van der Waals surface area contributed by atoms with Crippen LogP contribution in [0, 0.1) is 5.92 Å². The summed E-state index contributed by atoms with van der Waals surface area (Å²) in [4.78, 5) is 30.8. The number of nitrogens with zero attached hydrogens (tertiary/aromatic N) is 2. The fraction of sp³-hybridized carbons (Fsp3) is 0.533. The molecule has 1 N–H and O–H groups in total. The second-order valence-corrected chi connectivity index (χ2v) is 10.5. The number of carbonyl (C=O) groups excluding carboxylic acids is 2. The molecule has 2 saturated heterocycles. The maximum absolute atomic E-state index is 13.6. The number of urea groups is 1. The van der Waals surface area contributed by atoms with Crippen molar-refractivity contribution in [3.8, 4) is 5.75 Å². The van der Waals surface area contributed by atoms with Gasteiger partial charge in [-0.05, 0) is 60.9 Å². The Morgan fingerprint density at radius 3 is 2.78 bits per heavy atom. The number of carbonyl (C=O) groups is 2. The topological polar surface area (TPSA) is 61.9 Å². The first-order valence-electron chi connectivity index (χ1n) is 13.8. The van der Waals surface area contributed by atoms with Crippen LogP contribution in [0.25, 0.3) is 0 Å². The lowest BCUT2D eigenvalue weighted by molar-refractivity contribution is -0.148. The van der Waals surface area contributed by atoms with Crippen molar-refractivity contribution in [1.29, 1.82) is 0 Å². The molecule has 0 bridgehead atoms. The number of benzene rings is 2. The van der Waals surface area contributed by atoms with E-state index in [9.17, 15) is 9.59 Å². The molecule has 0 aromatic heterocycles. The fourth-order valence-corrected chi connectivity index (χ4v) is 6.22. The van der Waals surface area contributed by atoms with Crippen LogP contribution < -0.4 is 10.1 Å². The molecular formula is C30H39N3O3. The summed E-state index contributed by atoms with van der Waals surface area (Å²) >= 11 is 0. The van der Waals surface area contributed by atoms with Gasteiger partial charge in [-0.1, -0.05) is 62.6 Å². The van der Waals surface area contributed by atoms with Crippen LogP contribution in [0.5, 0.6) is 5.75 Å². The number of piperidine rings is 2. The summed E-state index contributed by atoms with van der Waals surface area (Å²) < 4.78 is 6.03. The van der Waals surface area contributed by atoms with Gasteiger partial charge in [-0.25, -0.2) is 4.79 Å². The predicted molar refractivity (Wildman–Crippen MR) is 141 cm³/mol. The van der Waals surface area contributed by atoms with Gasteiger partial charge in [-0.15, -0.1) is 0 Å². The third-order valence-corrected chi connectivity index (χ3v) is 8.13. The van der Waals surface area contributed by atoms with Crippen molar-refractivity contribution in [2.24, 2.45) is 5.92 Å². The predicted octanol–water partition coefficient (Wildman–Crippen LogP) is 5.47. The minimum atomic E-state index is -0.0928. The van der Waals surface area contributed by atoms with Gasteiger partial charge in [0.15, 0.2) is 0 Å². The number of amides is 3. The van der Waals surface area contributed by atoms with Crippen molar-refractivity contribution in [2.45, 2.75) is 76.9 Å². The highest BCUT2D eigenvalue weighted by Crippen LogP contribution is 2.44. The van der Waals surface area contributed by atoms with E-state index in [0.29, 0.717) is 13.1 Å². The summed E-state index contributed by atoms with van der Waals surface area (Å²) in [5, 5.41) is 3.09. The Hall–Kier alpha value is -3.02. The molecule has 3 aliphatic rings. The van der Waals surface area contributed by atoms with Crippen molar-refractivity contribution >= 4 is 11.9 Å². The third kappa shape index (κ3) is 5.23. The van der Waals surface area contributed by atoms with Crippen LogP contribution in [0.1, 0.15) is 74.6 Å². The van der Waals surface area contributed by atoms with Crippen molar-refractivity contribution < 1.29 is 14.3 Å². The van der Waals surface area contributed by atoms with Crippen LogP contribution in [0.2, 0.25) is 0 Å². The van der Waals surface area contributed by atoms with Gasteiger partial charge in [0, 0.05) is 25.7 Å². The molecule has 3 unspecified atom stereocenters.